The molecule has 0 aliphatic carbocycles. The van der Waals surface area contributed by atoms with Crippen LogP contribution in [0.4, 0.5) is 17.1 Å². The summed E-state index contributed by atoms with van der Waals surface area (Å²) in [5.74, 6) is -0.191. The van der Waals surface area contributed by atoms with Gasteiger partial charge in [0.25, 0.3) is 0 Å². The van der Waals surface area contributed by atoms with Gasteiger partial charge in [-0.1, -0.05) is 41.9 Å². The minimum absolute atomic E-state index is 0.191. The third-order valence-electron chi connectivity index (χ3n) is 3.49. The zero-order chi connectivity index (χ0) is 17.5. The smallest absolute Gasteiger partial charge is 0.248 e. The number of hydrogen-bond donors (Lipinski definition) is 2. The molecule has 3 aromatic rings. The number of halogens is 1. The maximum absolute atomic E-state index is 12.0. The summed E-state index contributed by atoms with van der Waals surface area (Å²) in [5.41, 5.74) is 3.59. The molecule has 0 aliphatic rings. The van der Waals surface area contributed by atoms with Crippen molar-refractivity contribution in [3.8, 4) is 0 Å². The fourth-order valence-electron chi connectivity index (χ4n) is 2.29. The predicted octanol–water partition coefficient (Wildman–Crippen LogP) is 5.74. The molecule has 4 heteroatoms. The van der Waals surface area contributed by atoms with Gasteiger partial charge in [0.2, 0.25) is 5.91 Å². The number of benzene rings is 3. The van der Waals surface area contributed by atoms with Gasteiger partial charge in [0.1, 0.15) is 0 Å². The van der Waals surface area contributed by atoms with Gasteiger partial charge in [0, 0.05) is 28.2 Å². The maximum atomic E-state index is 12.0. The Morgan fingerprint density at radius 1 is 0.800 bits per heavy atom. The first-order valence-corrected chi connectivity index (χ1v) is 8.24. The van der Waals surface area contributed by atoms with Gasteiger partial charge >= 0.3 is 0 Å². The molecule has 0 atom stereocenters. The Bertz CT molecular complexity index is 874. The summed E-state index contributed by atoms with van der Waals surface area (Å²) in [6, 6.07) is 24.8. The van der Waals surface area contributed by atoms with Crippen molar-refractivity contribution in [1.82, 2.24) is 0 Å². The van der Waals surface area contributed by atoms with E-state index in [9.17, 15) is 4.79 Å². The normalized spacial score (nSPS) is 10.6. The van der Waals surface area contributed by atoms with E-state index in [4.69, 9.17) is 11.6 Å². The lowest BCUT2D eigenvalue weighted by Crippen LogP contribution is -2.07. The molecule has 25 heavy (non-hydrogen) atoms. The van der Waals surface area contributed by atoms with Crippen LogP contribution in [-0.4, -0.2) is 5.91 Å². The lowest BCUT2D eigenvalue weighted by Gasteiger charge is -2.07. The summed E-state index contributed by atoms with van der Waals surface area (Å²) >= 11 is 5.92. The van der Waals surface area contributed by atoms with Crippen LogP contribution in [0.1, 0.15) is 5.56 Å². The summed E-state index contributed by atoms with van der Waals surface area (Å²) in [6.07, 6.45) is 3.22. The average molecular weight is 349 g/mol. The van der Waals surface area contributed by atoms with E-state index in [-0.39, 0.29) is 5.91 Å². The van der Waals surface area contributed by atoms with Crippen LogP contribution in [0.3, 0.4) is 0 Å². The van der Waals surface area contributed by atoms with Gasteiger partial charge in [-0.25, -0.2) is 0 Å². The first-order valence-electron chi connectivity index (χ1n) is 7.86. The zero-order valence-corrected chi connectivity index (χ0v) is 14.2. The van der Waals surface area contributed by atoms with Crippen molar-refractivity contribution in [2.24, 2.45) is 0 Å². The minimum Gasteiger partial charge on any atom is -0.356 e. The SMILES string of the molecule is O=C(C=Cc1cccc(Cl)c1)Nc1ccc(Nc2ccccc2)cc1. The Morgan fingerprint density at radius 3 is 2.20 bits per heavy atom. The molecule has 124 valence electrons. The molecule has 3 aromatic carbocycles. The van der Waals surface area contributed by atoms with E-state index in [2.05, 4.69) is 10.6 Å². The highest BCUT2D eigenvalue weighted by molar-refractivity contribution is 6.30. The van der Waals surface area contributed by atoms with Crippen LogP contribution < -0.4 is 10.6 Å². The topological polar surface area (TPSA) is 41.1 Å². The highest BCUT2D eigenvalue weighted by Gasteiger charge is 1.99. The Morgan fingerprint density at radius 2 is 1.48 bits per heavy atom. The van der Waals surface area contributed by atoms with Crippen LogP contribution in [0.5, 0.6) is 0 Å². The van der Waals surface area contributed by atoms with Gasteiger partial charge in [-0.3, -0.25) is 4.79 Å². The van der Waals surface area contributed by atoms with Crippen molar-refractivity contribution in [2.45, 2.75) is 0 Å². The molecular formula is C21H17ClN2O. The van der Waals surface area contributed by atoms with Crippen LogP contribution in [0.2, 0.25) is 5.02 Å². The van der Waals surface area contributed by atoms with Crippen LogP contribution in [0.15, 0.2) is 84.9 Å². The number of carbonyl (C=O) groups excluding carboxylic acids is 1. The molecule has 1 amide bonds. The van der Waals surface area contributed by atoms with Gasteiger partial charge < -0.3 is 10.6 Å². The average Bonchev–Trinajstić information content (AvgIpc) is 2.63. The zero-order valence-electron chi connectivity index (χ0n) is 13.4. The number of carbonyl (C=O) groups is 1. The molecule has 0 radical (unpaired) electrons. The fourth-order valence-corrected chi connectivity index (χ4v) is 2.49. The van der Waals surface area contributed by atoms with E-state index in [0.717, 1.165) is 22.6 Å². The van der Waals surface area contributed by atoms with Gasteiger partial charge in [-0.05, 0) is 60.2 Å². The van der Waals surface area contributed by atoms with Crippen molar-refractivity contribution in [3.63, 3.8) is 0 Å². The van der Waals surface area contributed by atoms with Crippen LogP contribution in [-0.2, 0) is 4.79 Å². The van der Waals surface area contributed by atoms with Crippen LogP contribution >= 0.6 is 11.6 Å². The van der Waals surface area contributed by atoms with Crippen molar-refractivity contribution in [1.29, 1.82) is 0 Å². The predicted molar refractivity (Wildman–Crippen MR) is 105 cm³/mol. The number of amides is 1. The van der Waals surface area contributed by atoms with E-state index in [1.807, 2.05) is 66.7 Å². The standard InChI is InChI=1S/C21H17ClN2O/c22-17-6-4-5-16(15-17)9-14-21(25)24-20-12-10-19(11-13-20)23-18-7-2-1-3-8-18/h1-15,23H,(H,24,25). The molecule has 0 spiro atoms. The first-order chi connectivity index (χ1) is 12.2. The number of nitrogens with one attached hydrogen (secondary N) is 2. The second-order valence-corrected chi connectivity index (χ2v) is 5.88. The lowest BCUT2D eigenvalue weighted by atomic mass is 10.2. The number of rotatable bonds is 5. The van der Waals surface area contributed by atoms with E-state index in [0.29, 0.717) is 5.02 Å². The monoisotopic (exact) mass is 348 g/mol. The molecule has 3 nitrogen and oxygen atoms in total. The van der Waals surface area contributed by atoms with Crippen LogP contribution in [0.25, 0.3) is 6.08 Å². The highest BCUT2D eigenvalue weighted by atomic mass is 35.5. The highest BCUT2D eigenvalue weighted by Crippen LogP contribution is 2.18. The summed E-state index contributed by atoms with van der Waals surface area (Å²) in [6.45, 7) is 0. The third kappa shape index (κ3) is 5.23. The summed E-state index contributed by atoms with van der Waals surface area (Å²) in [5, 5.41) is 6.77. The number of hydrogen-bond acceptors (Lipinski definition) is 2. The fraction of sp³-hybridized carbons (Fsp3) is 0. The summed E-state index contributed by atoms with van der Waals surface area (Å²) < 4.78 is 0. The number of anilines is 3. The molecule has 2 N–H and O–H groups in total. The van der Waals surface area contributed by atoms with E-state index < -0.39 is 0 Å². The van der Waals surface area contributed by atoms with Crippen molar-refractivity contribution in [3.05, 3.63) is 95.5 Å². The molecule has 0 heterocycles. The summed E-state index contributed by atoms with van der Waals surface area (Å²) in [7, 11) is 0. The first kappa shape index (κ1) is 16.8. The second kappa shape index (κ2) is 8.18. The lowest BCUT2D eigenvalue weighted by molar-refractivity contribution is -0.111. The maximum Gasteiger partial charge on any atom is 0.248 e. The molecule has 0 aliphatic heterocycles. The minimum atomic E-state index is -0.191. The van der Waals surface area contributed by atoms with Crippen molar-refractivity contribution < 1.29 is 4.79 Å². The van der Waals surface area contributed by atoms with Gasteiger partial charge in [0.15, 0.2) is 0 Å². The van der Waals surface area contributed by atoms with Gasteiger partial charge in [0.05, 0.1) is 0 Å². The molecule has 0 fully saturated rings. The molecular weight excluding hydrogens is 332 g/mol. The molecule has 0 saturated carbocycles. The molecule has 0 bridgehead atoms. The van der Waals surface area contributed by atoms with E-state index in [1.165, 1.54) is 6.08 Å². The third-order valence-corrected chi connectivity index (χ3v) is 3.73. The van der Waals surface area contributed by atoms with Gasteiger partial charge in [-0.2, -0.15) is 0 Å². The molecule has 0 saturated heterocycles. The van der Waals surface area contributed by atoms with Crippen molar-refractivity contribution >= 4 is 40.6 Å². The Hall–Kier alpha value is -3.04. The Kier molecular flexibility index (Phi) is 5.50. The van der Waals surface area contributed by atoms with Gasteiger partial charge in [-0.15, -0.1) is 0 Å². The largest absolute Gasteiger partial charge is 0.356 e. The van der Waals surface area contributed by atoms with Crippen molar-refractivity contribution in [2.75, 3.05) is 10.6 Å². The summed E-state index contributed by atoms with van der Waals surface area (Å²) in [4.78, 5) is 12.0. The van der Waals surface area contributed by atoms with Crippen LogP contribution in [0, 0.1) is 0 Å². The molecule has 0 aromatic heterocycles. The molecule has 3 rings (SSSR count). The van der Waals surface area contributed by atoms with E-state index >= 15 is 0 Å². The van der Waals surface area contributed by atoms with E-state index in [1.54, 1.807) is 18.2 Å². The number of para-hydroxylation sites is 1. The second-order valence-electron chi connectivity index (χ2n) is 5.45. The Balaban J connectivity index is 1.58. The Labute approximate surface area is 152 Å². The molecule has 0 unspecified atom stereocenters. The quantitative estimate of drug-likeness (QED) is 0.577.